The van der Waals surface area contributed by atoms with Crippen LogP contribution >= 0.6 is 11.8 Å². The maximum Gasteiger partial charge on any atom is 0.136 e. The minimum absolute atomic E-state index is 0.233. The Hall–Kier alpha value is -2.93. The topological polar surface area (TPSA) is 36.9 Å². The summed E-state index contributed by atoms with van der Waals surface area (Å²) in [7, 11) is 0. The average molecular weight is 513 g/mol. The van der Waals surface area contributed by atoms with E-state index in [9.17, 15) is 0 Å². The van der Waals surface area contributed by atoms with Gasteiger partial charge in [-0.15, -0.1) is 0 Å². The fourth-order valence-electron chi connectivity index (χ4n) is 4.31. The molecule has 4 atom stereocenters. The Labute approximate surface area is 223 Å². The summed E-state index contributed by atoms with van der Waals surface area (Å²) >= 11 is 1.67. The Morgan fingerprint density at radius 3 is 1.49 bits per heavy atom. The molecule has 37 heavy (non-hydrogen) atoms. The van der Waals surface area contributed by atoms with Crippen molar-refractivity contribution in [3.63, 3.8) is 0 Å². The molecule has 0 spiro atoms. The van der Waals surface area contributed by atoms with Gasteiger partial charge in [0.1, 0.15) is 23.7 Å². The van der Waals surface area contributed by atoms with Crippen LogP contribution in [0.4, 0.5) is 0 Å². The molecule has 1 saturated heterocycles. The number of ether oxygens (including phenoxy) is 4. The molecule has 0 radical (unpaired) electrons. The van der Waals surface area contributed by atoms with E-state index in [-0.39, 0.29) is 23.7 Å². The van der Waals surface area contributed by atoms with E-state index in [0.717, 1.165) is 21.6 Å². The molecule has 0 bridgehead atoms. The maximum absolute atomic E-state index is 6.60. The monoisotopic (exact) mass is 512 g/mol. The van der Waals surface area contributed by atoms with Gasteiger partial charge in [0.05, 0.1) is 26.4 Å². The first-order chi connectivity index (χ1) is 18.3. The molecule has 1 fully saturated rings. The molecule has 5 heteroatoms. The van der Waals surface area contributed by atoms with Crippen molar-refractivity contribution >= 4 is 11.8 Å². The number of benzene rings is 4. The highest BCUT2D eigenvalue weighted by molar-refractivity contribution is 7.99. The van der Waals surface area contributed by atoms with E-state index in [1.807, 2.05) is 72.8 Å². The lowest BCUT2D eigenvalue weighted by Gasteiger charge is -2.42. The molecule has 1 aliphatic heterocycles. The van der Waals surface area contributed by atoms with Crippen LogP contribution in [-0.2, 0) is 38.8 Å². The van der Waals surface area contributed by atoms with Gasteiger partial charge in [0, 0.05) is 4.90 Å². The van der Waals surface area contributed by atoms with Gasteiger partial charge in [0.2, 0.25) is 0 Å². The van der Waals surface area contributed by atoms with Gasteiger partial charge in [0.25, 0.3) is 0 Å². The van der Waals surface area contributed by atoms with E-state index >= 15 is 0 Å². The molecule has 4 aromatic carbocycles. The highest BCUT2D eigenvalue weighted by Gasteiger charge is 2.43. The Bertz CT molecular complexity index is 1170. The van der Waals surface area contributed by atoms with Crippen LogP contribution in [0.1, 0.15) is 16.7 Å². The second kappa shape index (κ2) is 13.6. The van der Waals surface area contributed by atoms with Crippen molar-refractivity contribution < 1.29 is 18.9 Å². The van der Waals surface area contributed by atoms with Crippen LogP contribution in [0.2, 0.25) is 0 Å². The molecule has 0 saturated carbocycles. The van der Waals surface area contributed by atoms with Gasteiger partial charge in [-0.3, -0.25) is 0 Å². The molecule has 1 unspecified atom stereocenters. The van der Waals surface area contributed by atoms with E-state index < -0.39 is 0 Å². The zero-order valence-corrected chi connectivity index (χ0v) is 21.5. The lowest BCUT2D eigenvalue weighted by atomic mass is 10.0. The van der Waals surface area contributed by atoms with Crippen LogP contribution < -0.4 is 0 Å². The highest BCUT2D eigenvalue weighted by atomic mass is 32.2. The maximum atomic E-state index is 6.60. The van der Waals surface area contributed by atoms with Crippen LogP contribution in [0.3, 0.4) is 0 Å². The summed E-state index contributed by atoms with van der Waals surface area (Å²) in [6, 6.07) is 41.0. The van der Waals surface area contributed by atoms with Gasteiger partial charge < -0.3 is 18.9 Å². The smallest absolute Gasteiger partial charge is 0.136 e. The first-order valence-electron chi connectivity index (χ1n) is 12.6. The van der Waals surface area contributed by atoms with Crippen molar-refractivity contribution in [3.8, 4) is 0 Å². The number of hydrogen-bond donors (Lipinski definition) is 0. The van der Waals surface area contributed by atoms with E-state index in [1.54, 1.807) is 11.8 Å². The predicted molar refractivity (Wildman–Crippen MR) is 147 cm³/mol. The largest absolute Gasteiger partial charge is 0.368 e. The van der Waals surface area contributed by atoms with Crippen molar-refractivity contribution in [2.45, 2.75) is 48.5 Å². The molecule has 1 heterocycles. The van der Waals surface area contributed by atoms with Gasteiger partial charge in [-0.2, -0.15) is 0 Å². The number of hydrogen-bond acceptors (Lipinski definition) is 5. The summed E-state index contributed by atoms with van der Waals surface area (Å²) in [5.74, 6) is 0. The third kappa shape index (κ3) is 7.54. The lowest BCUT2D eigenvalue weighted by molar-refractivity contribution is -0.220. The summed E-state index contributed by atoms with van der Waals surface area (Å²) in [5, 5.41) is 0. The van der Waals surface area contributed by atoms with Crippen molar-refractivity contribution in [1.82, 2.24) is 0 Å². The molecule has 1 aliphatic rings. The number of rotatable bonds is 11. The fraction of sp³-hybridized carbons (Fsp3) is 0.250. The van der Waals surface area contributed by atoms with Crippen LogP contribution in [0.5, 0.6) is 0 Å². The molecule has 0 N–H and O–H groups in total. The molecule has 190 valence electrons. The number of thioether (sulfide) groups is 1. The minimum atomic E-state index is -0.330. The summed E-state index contributed by atoms with van der Waals surface area (Å²) in [5.41, 5.74) is 3.11. The van der Waals surface area contributed by atoms with Crippen molar-refractivity contribution in [1.29, 1.82) is 0 Å². The molecule has 4 aromatic rings. The Kier molecular flexibility index (Phi) is 9.43. The first kappa shape index (κ1) is 25.7. The standard InChI is InChI=1S/C32H32O4S/c1-5-13-25(14-6-1)21-33-29-24-36-32(37-28-19-11-4-12-20-28)31(35-23-27-17-9-3-10-18-27)30(29)34-22-26-15-7-2-8-16-26/h1-20,29-32H,21-24H2/t29-,30+,31-,32?/m1/s1. The average Bonchev–Trinajstić information content (AvgIpc) is 2.97. The minimum Gasteiger partial charge on any atom is -0.368 e. The molecule has 5 rings (SSSR count). The Morgan fingerprint density at radius 2 is 0.973 bits per heavy atom. The Morgan fingerprint density at radius 1 is 0.541 bits per heavy atom. The molecule has 0 aromatic heterocycles. The summed E-state index contributed by atoms with van der Waals surface area (Å²) < 4.78 is 26.0. The van der Waals surface area contributed by atoms with E-state index in [2.05, 4.69) is 48.5 Å². The fourth-order valence-corrected chi connectivity index (χ4v) is 5.41. The van der Waals surface area contributed by atoms with Crippen LogP contribution in [0.25, 0.3) is 0 Å². The third-order valence-electron chi connectivity index (χ3n) is 6.26. The van der Waals surface area contributed by atoms with E-state index in [1.165, 1.54) is 0 Å². The second-order valence-electron chi connectivity index (χ2n) is 8.99. The van der Waals surface area contributed by atoms with Crippen LogP contribution in [0.15, 0.2) is 126 Å². The molecular formula is C32H32O4S. The van der Waals surface area contributed by atoms with Gasteiger partial charge in [-0.25, -0.2) is 0 Å². The van der Waals surface area contributed by atoms with E-state index in [0.29, 0.717) is 26.4 Å². The zero-order valence-electron chi connectivity index (χ0n) is 20.7. The normalized spacial score (nSPS) is 21.5. The predicted octanol–water partition coefficient (Wildman–Crippen LogP) is 6.89. The van der Waals surface area contributed by atoms with Crippen molar-refractivity contribution in [2.75, 3.05) is 6.61 Å². The SMILES string of the molecule is c1ccc(CO[C@H]2[C@H](OCc3ccccc3)COC(Sc3ccccc3)[C@@H]2OCc2ccccc2)cc1. The molecule has 0 amide bonds. The van der Waals surface area contributed by atoms with Crippen molar-refractivity contribution in [2.24, 2.45) is 0 Å². The Balaban J connectivity index is 1.37. The molecule has 0 aliphatic carbocycles. The van der Waals surface area contributed by atoms with Gasteiger partial charge >= 0.3 is 0 Å². The molecular weight excluding hydrogens is 480 g/mol. The zero-order chi connectivity index (χ0) is 25.1. The quantitative estimate of drug-likeness (QED) is 0.219. The van der Waals surface area contributed by atoms with E-state index in [4.69, 9.17) is 18.9 Å². The first-order valence-corrected chi connectivity index (χ1v) is 13.5. The second-order valence-corrected chi connectivity index (χ2v) is 10.2. The van der Waals surface area contributed by atoms with Crippen LogP contribution in [0, 0.1) is 0 Å². The van der Waals surface area contributed by atoms with Gasteiger partial charge in [-0.1, -0.05) is 121 Å². The summed E-state index contributed by atoms with van der Waals surface area (Å²) in [6.45, 7) is 1.87. The molecule has 4 nitrogen and oxygen atoms in total. The summed E-state index contributed by atoms with van der Waals surface area (Å²) in [6.07, 6.45) is -0.899. The van der Waals surface area contributed by atoms with Crippen LogP contribution in [-0.4, -0.2) is 30.4 Å². The van der Waals surface area contributed by atoms with Crippen molar-refractivity contribution in [3.05, 3.63) is 138 Å². The lowest BCUT2D eigenvalue weighted by Crippen LogP contribution is -2.55. The summed E-state index contributed by atoms with van der Waals surface area (Å²) in [4.78, 5) is 1.13. The third-order valence-corrected chi connectivity index (χ3v) is 7.44. The van der Waals surface area contributed by atoms with Gasteiger partial charge in [-0.05, 0) is 28.8 Å². The van der Waals surface area contributed by atoms with Gasteiger partial charge in [0.15, 0.2) is 0 Å². The highest BCUT2D eigenvalue weighted by Crippen LogP contribution is 2.35.